The molecule has 1 N–H and O–H groups in total. The van der Waals surface area contributed by atoms with Crippen LogP contribution in [0.15, 0.2) is 11.5 Å². The van der Waals surface area contributed by atoms with Gasteiger partial charge in [0.15, 0.2) is 5.16 Å². The standard InChI is InChI=1S/C6H10BrN3S/c7-3-1-2-4-11-6-8-5-9-10-6/h5H,1-4H2,(H,8,9,10). The van der Waals surface area contributed by atoms with Gasteiger partial charge >= 0.3 is 0 Å². The highest BCUT2D eigenvalue weighted by Gasteiger charge is 1.94. The normalized spacial score (nSPS) is 10.3. The van der Waals surface area contributed by atoms with E-state index in [4.69, 9.17) is 0 Å². The average molecular weight is 236 g/mol. The zero-order chi connectivity index (χ0) is 7.94. The lowest BCUT2D eigenvalue weighted by Gasteiger charge is -1.94. The largest absolute Gasteiger partial charge is 0.254 e. The number of aromatic amines is 1. The van der Waals surface area contributed by atoms with Crippen molar-refractivity contribution in [2.24, 2.45) is 0 Å². The molecule has 0 aliphatic heterocycles. The monoisotopic (exact) mass is 235 g/mol. The summed E-state index contributed by atoms with van der Waals surface area (Å²) in [6.07, 6.45) is 3.98. The highest BCUT2D eigenvalue weighted by Crippen LogP contribution is 2.12. The molecule has 0 bridgehead atoms. The predicted molar refractivity (Wildman–Crippen MR) is 50.1 cm³/mol. The first-order valence-corrected chi connectivity index (χ1v) is 5.58. The van der Waals surface area contributed by atoms with E-state index < -0.39 is 0 Å². The Morgan fingerprint density at radius 3 is 3.09 bits per heavy atom. The van der Waals surface area contributed by atoms with Crippen molar-refractivity contribution in [2.45, 2.75) is 18.0 Å². The second kappa shape index (κ2) is 5.60. The van der Waals surface area contributed by atoms with Crippen LogP contribution in [0.2, 0.25) is 0 Å². The number of hydrogen-bond acceptors (Lipinski definition) is 3. The maximum Gasteiger partial charge on any atom is 0.183 e. The molecule has 1 aromatic heterocycles. The van der Waals surface area contributed by atoms with Crippen LogP contribution in [0.4, 0.5) is 0 Å². The molecule has 0 saturated heterocycles. The first-order chi connectivity index (χ1) is 5.43. The highest BCUT2D eigenvalue weighted by molar-refractivity contribution is 9.09. The summed E-state index contributed by atoms with van der Waals surface area (Å²) in [5, 5.41) is 8.56. The lowest BCUT2D eigenvalue weighted by molar-refractivity contribution is 0.904. The summed E-state index contributed by atoms with van der Waals surface area (Å²) in [5.74, 6) is 1.11. The van der Waals surface area contributed by atoms with Crippen LogP contribution in [-0.2, 0) is 0 Å². The molecule has 62 valence electrons. The maximum absolute atomic E-state index is 4.00. The topological polar surface area (TPSA) is 41.6 Å². The van der Waals surface area contributed by atoms with Gasteiger partial charge in [0.05, 0.1) is 0 Å². The third kappa shape index (κ3) is 3.76. The summed E-state index contributed by atoms with van der Waals surface area (Å²) in [6.45, 7) is 0. The quantitative estimate of drug-likeness (QED) is 0.483. The number of nitrogens with one attached hydrogen (secondary N) is 1. The third-order valence-electron chi connectivity index (χ3n) is 1.16. The fraction of sp³-hybridized carbons (Fsp3) is 0.667. The molecule has 0 atom stereocenters. The number of alkyl halides is 1. The van der Waals surface area contributed by atoms with Crippen LogP contribution < -0.4 is 0 Å². The van der Waals surface area contributed by atoms with Crippen LogP contribution >= 0.6 is 27.7 Å². The van der Waals surface area contributed by atoms with Gasteiger partial charge in [0.2, 0.25) is 0 Å². The van der Waals surface area contributed by atoms with Crippen LogP contribution in [0.25, 0.3) is 0 Å². The summed E-state index contributed by atoms with van der Waals surface area (Å²) in [4.78, 5) is 4.00. The van der Waals surface area contributed by atoms with Gasteiger partial charge in [-0.15, -0.1) is 0 Å². The highest BCUT2D eigenvalue weighted by atomic mass is 79.9. The molecule has 3 nitrogen and oxygen atoms in total. The summed E-state index contributed by atoms with van der Waals surface area (Å²) >= 11 is 5.10. The number of unbranched alkanes of at least 4 members (excludes halogenated alkanes) is 1. The van der Waals surface area contributed by atoms with Crippen molar-refractivity contribution in [2.75, 3.05) is 11.1 Å². The predicted octanol–water partition coefficient (Wildman–Crippen LogP) is 2.07. The lowest BCUT2D eigenvalue weighted by Crippen LogP contribution is -1.82. The van der Waals surface area contributed by atoms with Gasteiger partial charge in [0.1, 0.15) is 6.33 Å². The molecule has 0 aliphatic carbocycles. The molecule has 11 heavy (non-hydrogen) atoms. The Morgan fingerprint density at radius 2 is 2.45 bits per heavy atom. The number of H-pyrrole nitrogens is 1. The second-order valence-corrected chi connectivity index (χ2v) is 3.91. The summed E-state index contributed by atoms with van der Waals surface area (Å²) in [6, 6.07) is 0. The maximum atomic E-state index is 4.00. The van der Waals surface area contributed by atoms with E-state index in [2.05, 4.69) is 31.1 Å². The molecule has 0 radical (unpaired) electrons. The van der Waals surface area contributed by atoms with Gasteiger partial charge in [-0.3, -0.25) is 5.10 Å². The first kappa shape index (κ1) is 9.06. The van der Waals surface area contributed by atoms with Crippen molar-refractivity contribution in [1.29, 1.82) is 0 Å². The van der Waals surface area contributed by atoms with Crippen LogP contribution in [0.1, 0.15) is 12.8 Å². The molecule has 0 aliphatic rings. The van der Waals surface area contributed by atoms with E-state index in [0.29, 0.717) is 0 Å². The van der Waals surface area contributed by atoms with Gasteiger partial charge in [-0.2, -0.15) is 5.10 Å². The van der Waals surface area contributed by atoms with Crippen LogP contribution in [0, 0.1) is 0 Å². The zero-order valence-electron chi connectivity index (χ0n) is 6.09. The molecular weight excluding hydrogens is 226 g/mol. The number of thioether (sulfide) groups is 1. The van der Waals surface area contributed by atoms with Gasteiger partial charge in [-0.05, 0) is 12.8 Å². The number of nitrogens with zero attached hydrogens (tertiary/aromatic N) is 2. The van der Waals surface area contributed by atoms with E-state index in [-0.39, 0.29) is 0 Å². The SMILES string of the molecule is BrCCCCSc1ncn[nH]1. The zero-order valence-corrected chi connectivity index (χ0v) is 8.49. The van der Waals surface area contributed by atoms with Gasteiger partial charge in [-0.1, -0.05) is 27.7 Å². The molecule has 0 amide bonds. The Labute approximate surface area is 78.5 Å². The second-order valence-electron chi connectivity index (χ2n) is 2.04. The number of aromatic nitrogens is 3. The van der Waals surface area contributed by atoms with Gasteiger partial charge < -0.3 is 0 Å². The summed E-state index contributed by atoms with van der Waals surface area (Å²) in [5.41, 5.74) is 0. The third-order valence-corrected chi connectivity index (χ3v) is 2.68. The van der Waals surface area contributed by atoms with E-state index in [1.165, 1.54) is 19.2 Å². The first-order valence-electron chi connectivity index (χ1n) is 3.47. The Hall–Kier alpha value is -0.0300. The molecule has 0 fully saturated rings. The molecule has 1 aromatic rings. The molecule has 0 unspecified atom stereocenters. The average Bonchev–Trinajstić information content (AvgIpc) is 2.50. The van der Waals surface area contributed by atoms with Crippen LogP contribution in [-0.4, -0.2) is 26.3 Å². The Balaban J connectivity index is 2.04. The molecule has 0 spiro atoms. The van der Waals surface area contributed by atoms with E-state index in [1.807, 2.05) is 0 Å². The molecule has 1 heterocycles. The Morgan fingerprint density at radius 1 is 1.55 bits per heavy atom. The van der Waals surface area contributed by atoms with Gasteiger partial charge in [0.25, 0.3) is 0 Å². The lowest BCUT2D eigenvalue weighted by atomic mass is 10.4. The minimum atomic E-state index is 0.916. The van der Waals surface area contributed by atoms with Crippen molar-refractivity contribution in [3.63, 3.8) is 0 Å². The fourth-order valence-electron chi connectivity index (χ4n) is 0.629. The van der Waals surface area contributed by atoms with Gasteiger partial charge in [0, 0.05) is 11.1 Å². The molecule has 5 heteroatoms. The van der Waals surface area contributed by atoms with E-state index in [1.54, 1.807) is 11.8 Å². The molecule has 0 aromatic carbocycles. The fourth-order valence-corrected chi connectivity index (χ4v) is 1.81. The number of hydrogen-bond donors (Lipinski definition) is 1. The van der Waals surface area contributed by atoms with Gasteiger partial charge in [-0.25, -0.2) is 4.98 Å². The van der Waals surface area contributed by atoms with Crippen LogP contribution in [0.5, 0.6) is 0 Å². The van der Waals surface area contributed by atoms with Crippen molar-refractivity contribution in [3.8, 4) is 0 Å². The minimum Gasteiger partial charge on any atom is -0.254 e. The van der Waals surface area contributed by atoms with E-state index >= 15 is 0 Å². The summed E-state index contributed by atoms with van der Waals surface area (Å²) < 4.78 is 0. The number of rotatable bonds is 5. The smallest absolute Gasteiger partial charge is 0.183 e. The minimum absolute atomic E-state index is 0.916. The summed E-state index contributed by atoms with van der Waals surface area (Å²) in [7, 11) is 0. The Bertz CT molecular complexity index is 178. The molecule has 0 saturated carbocycles. The molecular formula is C6H10BrN3S. The van der Waals surface area contributed by atoms with Crippen molar-refractivity contribution in [1.82, 2.24) is 15.2 Å². The van der Waals surface area contributed by atoms with Crippen LogP contribution in [0.3, 0.4) is 0 Å². The van der Waals surface area contributed by atoms with Crippen molar-refractivity contribution >= 4 is 27.7 Å². The van der Waals surface area contributed by atoms with E-state index in [9.17, 15) is 0 Å². The number of halogens is 1. The Kier molecular flexibility index (Phi) is 4.61. The molecule has 1 rings (SSSR count). The van der Waals surface area contributed by atoms with Crippen molar-refractivity contribution in [3.05, 3.63) is 6.33 Å². The van der Waals surface area contributed by atoms with Crippen molar-refractivity contribution < 1.29 is 0 Å². The van der Waals surface area contributed by atoms with E-state index in [0.717, 1.165) is 16.2 Å².